The molecule has 0 spiro atoms. The lowest BCUT2D eigenvalue weighted by Crippen LogP contribution is -2.17. The van der Waals surface area contributed by atoms with Gasteiger partial charge in [0.15, 0.2) is 17.0 Å². The number of aliphatic hydroxyl groups is 2. The number of aliphatic hydroxyl groups excluding tert-OH is 2. The van der Waals surface area contributed by atoms with Crippen LogP contribution in [0.1, 0.15) is 31.5 Å². The van der Waals surface area contributed by atoms with Crippen molar-refractivity contribution in [2.75, 3.05) is 30.4 Å². The van der Waals surface area contributed by atoms with Gasteiger partial charge in [-0.05, 0) is 19.4 Å². The third-order valence-electron chi connectivity index (χ3n) is 4.07. The monoisotopic (exact) mass is 356 g/mol. The van der Waals surface area contributed by atoms with Crippen LogP contribution in [-0.2, 0) is 0 Å². The van der Waals surface area contributed by atoms with E-state index in [0.29, 0.717) is 29.5 Å². The Morgan fingerprint density at radius 3 is 2.54 bits per heavy atom. The molecule has 3 rings (SSSR count). The lowest BCUT2D eigenvalue weighted by molar-refractivity contribution is 0.276. The molecule has 8 heteroatoms. The van der Waals surface area contributed by atoms with Crippen molar-refractivity contribution in [3.05, 3.63) is 42.2 Å². The number of nitrogens with one attached hydrogen (secondary N) is 2. The Hall–Kier alpha value is -2.71. The summed E-state index contributed by atoms with van der Waals surface area (Å²) in [5.74, 6) is 0.943. The Bertz CT molecular complexity index is 850. The first-order valence-electron chi connectivity index (χ1n) is 8.65. The van der Waals surface area contributed by atoms with Crippen molar-refractivity contribution in [2.45, 2.75) is 25.9 Å². The first-order chi connectivity index (χ1) is 12.6. The lowest BCUT2D eigenvalue weighted by atomic mass is 10.1. The minimum Gasteiger partial charge on any atom is -0.395 e. The molecule has 138 valence electrons. The van der Waals surface area contributed by atoms with Gasteiger partial charge in [-0.25, -0.2) is 4.98 Å². The summed E-state index contributed by atoms with van der Waals surface area (Å²) >= 11 is 0. The lowest BCUT2D eigenvalue weighted by Gasteiger charge is -2.18. The fourth-order valence-corrected chi connectivity index (χ4v) is 2.73. The highest BCUT2D eigenvalue weighted by atomic mass is 16.3. The predicted molar refractivity (Wildman–Crippen MR) is 101 cm³/mol. The molecule has 0 aliphatic heterocycles. The van der Waals surface area contributed by atoms with Gasteiger partial charge in [0, 0.05) is 12.6 Å². The highest BCUT2D eigenvalue weighted by molar-refractivity contribution is 5.84. The molecule has 0 radical (unpaired) electrons. The minimum atomic E-state index is -0.316. The molecule has 0 saturated heterocycles. The van der Waals surface area contributed by atoms with Gasteiger partial charge in [-0.1, -0.05) is 30.3 Å². The summed E-state index contributed by atoms with van der Waals surface area (Å²) in [5.41, 5.74) is 2.29. The van der Waals surface area contributed by atoms with E-state index in [-0.39, 0.29) is 25.3 Å². The predicted octanol–water partition coefficient (Wildman–Crippen LogP) is 1.96. The molecule has 26 heavy (non-hydrogen) atoms. The quantitative estimate of drug-likeness (QED) is 0.488. The van der Waals surface area contributed by atoms with Gasteiger partial charge in [0.2, 0.25) is 5.95 Å². The second kappa shape index (κ2) is 8.11. The second-order valence-electron chi connectivity index (χ2n) is 6.25. The van der Waals surface area contributed by atoms with E-state index in [4.69, 9.17) is 5.11 Å². The van der Waals surface area contributed by atoms with Crippen LogP contribution in [0, 0.1) is 0 Å². The van der Waals surface area contributed by atoms with Crippen LogP contribution in [0.25, 0.3) is 11.2 Å². The van der Waals surface area contributed by atoms with Crippen LogP contribution in [0.3, 0.4) is 0 Å². The van der Waals surface area contributed by atoms with Crippen molar-refractivity contribution in [1.82, 2.24) is 19.5 Å². The molecule has 3 aromatic rings. The molecule has 0 unspecified atom stereocenters. The molecular formula is C18H24N6O2. The van der Waals surface area contributed by atoms with Crippen LogP contribution >= 0.6 is 0 Å². The van der Waals surface area contributed by atoms with Crippen molar-refractivity contribution in [1.29, 1.82) is 0 Å². The maximum absolute atomic E-state index is 9.84. The molecule has 0 amide bonds. The van der Waals surface area contributed by atoms with Crippen LogP contribution in [-0.4, -0.2) is 49.5 Å². The van der Waals surface area contributed by atoms with E-state index < -0.39 is 0 Å². The van der Waals surface area contributed by atoms with Gasteiger partial charge in [-0.2, -0.15) is 9.97 Å². The first-order valence-corrected chi connectivity index (χ1v) is 8.65. The van der Waals surface area contributed by atoms with Gasteiger partial charge in [0.1, 0.15) is 0 Å². The molecule has 0 aliphatic carbocycles. The number of imidazole rings is 1. The van der Waals surface area contributed by atoms with E-state index in [0.717, 1.165) is 5.56 Å². The van der Waals surface area contributed by atoms with Crippen molar-refractivity contribution >= 4 is 22.9 Å². The number of benzene rings is 1. The maximum atomic E-state index is 9.84. The topological polar surface area (TPSA) is 108 Å². The van der Waals surface area contributed by atoms with Crippen molar-refractivity contribution in [3.63, 3.8) is 0 Å². The van der Waals surface area contributed by atoms with E-state index in [1.807, 2.05) is 34.9 Å². The molecule has 0 fully saturated rings. The van der Waals surface area contributed by atoms with Crippen LogP contribution in [0.2, 0.25) is 0 Å². The molecule has 0 aliphatic rings. The first kappa shape index (κ1) is 18.1. The fraction of sp³-hybridized carbons (Fsp3) is 0.389. The Kier molecular flexibility index (Phi) is 5.65. The molecule has 1 aromatic carbocycles. The van der Waals surface area contributed by atoms with Crippen molar-refractivity contribution < 1.29 is 10.2 Å². The van der Waals surface area contributed by atoms with Crippen LogP contribution in [0.4, 0.5) is 11.8 Å². The Labute approximate surface area is 151 Å². The molecule has 4 N–H and O–H groups in total. The van der Waals surface area contributed by atoms with Gasteiger partial charge in [0.25, 0.3) is 0 Å². The Morgan fingerprint density at radius 1 is 1.12 bits per heavy atom. The number of hydrogen-bond acceptors (Lipinski definition) is 7. The van der Waals surface area contributed by atoms with E-state index in [1.54, 1.807) is 6.33 Å². The van der Waals surface area contributed by atoms with Crippen molar-refractivity contribution in [3.8, 4) is 0 Å². The molecule has 0 bridgehead atoms. The standard InChI is InChI=1S/C18H24N6O2/c1-12(2)24-11-20-15-16(22-18(19-8-9-25)23-17(15)24)21-14(10-26)13-6-4-3-5-7-13/h3-7,11-12,14,25-26H,8-10H2,1-2H3,(H2,19,21,22,23)/t14-/m1/s1. The average molecular weight is 356 g/mol. The molecule has 2 aromatic heterocycles. The largest absolute Gasteiger partial charge is 0.395 e. The summed E-state index contributed by atoms with van der Waals surface area (Å²) in [4.78, 5) is 13.5. The van der Waals surface area contributed by atoms with E-state index >= 15 is 0 Å². The molecule has 8 nitrogen and oxygen atoms in total. The molecular weight excluding hydrogens is 332 g/mol. The minimum absolute atomic E-state index is 0.0170. The molecule has 0 saturated carbocycles. The molecule has 2 heterocycles. The highest BCUT2D eigenvalue weighted by Crippen LogP contribution is 2.26. The summed E-state index contributed by atoms with van der Waals surface area (Å²) in [7, 11) is 0. The fourth-order valence-electron chi connectivity index (χ4n) is 2.73. The zero-order valence-electron chi connectivity index (χ0n) is 14.9. The normalized spacial score (nSPS) is 12.5. The number of hydrogen-bond donors (Lipinski definition) is 4. The maximum Gasteiger partial charge on any atom is 0.226 e. The Balaban J connectivity index is 2.02. The van der Waals surface area contributed by atoms with E-state index in [1.165, 1.54) is 0 Å². The van der Waals surface area contributed by atoms with E-state index in [2.05, 4.69) is 39.4 Å². The van der Waals surface area contributed by atoms with Gasteiger partial charge in [-0.3, -0.25) is 0 Å². The number of rotatable bonds is 8. The van der Waals surface area contributed by atoms with Gasteiger partial charge in [-0.15, -0.1) is 0 Å². The summed E-state index contributed by atoms with van der Waals surface area (Å²) < 4.78 is 1.96. The SMILES string of the molecule is CC(C)n1cnc2c(N[C@H](CO)c3ccccc3)nc(NCCO)nc21. The van der Waals surface area contributed by atoms with Crippen LogP contribution < -0.4 is 10.6 Å². The molecule has 1 atom stereocenters. The van der Waals surface area contributed by atoms with E-state index in [9.17, 15) is 5.11 Å². The highest BCUT2D eigenvalue weighted by Gasteiger charge is 2.18. The zero-order chi connectivity index (χ0) is 18.5. The zero-order valence-corrected chi connectivity index (χ0v) is 14.9. The summed E-state index contributed by atoms with van der Waals surface area (Å²) in [6, 6.07) is 9.56. The number of aromatic nitrogens is 4. The average Bonchev–Trinajstić information content (AvgIpc) is 3.09. The smallest absolute Gasteiger partial charge is 0.226 e. The third-order valence-corrected chi connectivity index (χ3v) is 4.07. The number of nitrogens with zero attached hydrogens (tertiary/aromatic N) is 4. The van der Waals surface area contributed by atoms with Gasteiger partial charge < -0.3 is 25.4 Å². The summed E-state index contributed by atoms with van der Waals surface area (Å²) in [6.07, 6.45) is 1.74. The second-order valence-corrected chi connectivity index (χ2v) is 6.25. The number of anilines is 2. The Morgan fingerprint density at radius 2 is 1.88 bits per heavy atom. The van der Waals surface area contributed by atoms with Crippen LogP contribution in [0.15, 0.2) is 36.7 Å². The summed E-state index contributed by atoms with van der Waals surface area (Å²) in [6.45, 7) is 4.36. The van der Waals surface area contributed by atoms with Crippen molar-refractivity contribution in [2.24, 2.45) is 0 Å². The van der Waals surface area contributed by atoms with Gasteiger partial charge >= 0.3 is 0 Å². The van der Waals surface area contributed by atoms with Crippen LogP contribution in [0.5, 0.6) is 0 Å². The summed E-state index contributed by atoms with van der Waals surface area (Å²) in [5, 5.41) is 25.2. The van der Waals surface area contributed by atoms with Gasteiger partial charge in [0.05, 0.1) is 25.6 Å². The third kappa shape index (κ3) is 3.76. The number of fused-ring (bicyclic) bond motifs is 1.